The molecule has 2 nitrogen and oxygen atoms in total. The predicted molar refractivity (Wildman–Crippen MR) is 79.6 cm³/mol. The van der Waals surface area contributed by atoms with Gasteiger partial charge in [-0.15, -0.1) is 0 Å². The number of alkyl halides is 2. The summed E-state index contributed by atoms with van der Waals surface area (Å²) in [5, 5.41) is 3.33. The first-order chi connectivity index (χ1) is 10.1. The van der Waals surface area contributed by atoms with Gasteiger partial charge in [0.05, 0.1) is 7.11 Å². The van der Waals surface area contributed by atoms with Crippen molar-refractivity contribution in [3.8, 4) is 5.75 Å². The van der Waals surface area contributed by atoms with Gasteiger partial charge in [-0.25, -0.2) is 8.78 Å². The molecule has 0 spiro atoms. The lowest BCUT2D eigenvalue weighted by Crippen LogP contribution is -2.18. The summed E-state index contributed by atoms with van der Waals surface area (Å²) in [6.07, 6.45) is -2.43. The SMILES string of the molecule is COc1cccc(C(C)NCc2cccc(C(F)F)c2)c1. The summed E-state index contributed by atoms with van der Waals surface area (Å²) < 4.78 is 30.5. The Morgan fingerprint density at radius 3 is 2.48 bits per heavy atom. The molecule has 2 aromatic rings. The van der Waals surface area contributed by atoms with Crippen molar-refractivity contribution >= 4 is 0 Å². The zero-order valence-corrected chi connectivity index (χ0v) is 12.1. The van der Waals surface area contributed by atoms with E-state index in [0.29, 0.717) is 6.54 Å². The second kappa shape index (κ2) is 7.18. The van der Waals surface area contributed by atoms with Crippen molar-refractivity contribution in [3.63, 3.8) is 0 Å². The van der Waals surface area contributed by atoms with E-state index >= 15 is 0 Å². The lowest BCUT2D eigenvalue weighted by atomic mass is 10.1. The van der Waals surface area contributed by atoms with E-state index in [1.165, 1.54) is 12.1 Å². The van der Waals surface area contributed by atoms with Gasteiger partial charge in [0.1, 0.15) is 5.75 Å². The Morgan fingerprint density at radius 2 is 1.76 bits per heavy atom. The summed E-state index contributed by atoms with van der Waals surface area (Å²) >= 11 is 0. The number of hydrogen-bond donors (Lipinski definition) is 1. The van der Waals surface area contributed by atoms with Crippen LogP contribution in [0.3, 0.4) is 0 Å². The average molecular weight is 291 g/mol. The highest BCUT2D eigenvalue weighted by atomic mass is 19.3. The lowest BCUT2D eigenvalue weighted by molar-refractivity contribution is 0.151. The van der Waals surface area contributed by atoms with E-state index in [4.69, 9.17) is 4.74 Å². The highest BCUT2D eigenvalue weighted by molar-refractivity contribution is 5.30. The van der Waals surface area contributed by atoms with E-state index in [9.17, 15) is 8.78 Å². The highest BCUT2D eigenvalue weighted by Gasteiger charge is 2.09. The van der Waals surface area contributed by atoms with E-state index in [2.05, 4.69) is 5.32 Å². The number of rotatable bonds is 6. The summed E-state index contributed by atoms with van der Waals surface area (Å²) in [5.74, 6) is 0.806. The molecule has 4 heteroatoms. The van der Waals surface area contributed by atoms with Crippen LogP contribution in [0.25, 0.3) is 0 Å². The van der Waals surface area contributed by atoms with Gasteiger partial charge in [0.25, 0.3) is 6.43 Å². The fourth-order valence-corrected chi connectivity index (χ4v) is 2.14. The second-order valence-corrected chi connectivity index (χ2v) is 4.92. The minimum Gasteiger partial charge on any atom is -0.497 e. The van der Waals surface area contributed by atoms with E-state index < -0.39 is 6.43 Å². The van der Waals surface area contributed by atoms with Crippen LogP contribution in [0, 0.1) is 0 Å². The Hall–Kier alpha value is -1.94. The fraction of sp³-hybridized carbons (Fsp3) is 0.294. The van der Waals surface area contributed by atoms with Gasteiger partial charge >= 0.3 is 0 Å². The van der Waals surface area contributed by atoms with Gasteiger partial charge in [0, 0.05) is 18.2 Å². The highest BCUT2D eigenvalue weighted by Crippen LogP contribution is 2.21. The normalized spacial score (nSPS) is 12.4. The third kappa shape index (κ3) is 4.26. The Labute approximate surface area is 123 Å². The molecule has 21 heavy (non-hydrogen) atoms. The average Bonchev–Trinajstić information content (AvgIpc) is 2.53. The van der Waals surface area contributed by atoms with Crippen LogP contribution >= 0.6 is 0 Å². The maximum absolute atomic E-state index is 12.7. The molecule has 0 bridgehead atoms. The second-order valence-electron chi connectivity index (χ2n) is 4.92. The van der Waals surface area contributed by atoms with Crippen LogP contribution in [0.15, 0.2) is 48.5 Å². The number of nitrogens with one attached hydrogen (secondary N) is 1. The first-order valence-electron chi connectivity index (χ1n) is 6.84. The van der Waals surface area contributed by atoms with Crippen LogP contribution in [0.1, 0.15) is 36.1 Å². The van der Waals surface area contributed by atoms with Gasteiger partial charge in [0.2, 0.25) is 0 Å². The first-order valence-corrected chi connectivity index (χ1v) is 6.84. The monoisotopic (exact) mass is 291 g/mol. The van der Waals surface area contributed by atoms with Crippen molar-refractivity contribution in [2.45, 2.75) is 25.9 Å². The molecule has 0 amide bonds. The van der Waals surface area contributed by atoms with E-state index in [1.807, 2.05) is 37.3 Å². The van der Waals surface area contributed by atoms with Crippen LogP contribution in [0.4, 0.5) is 8.78 Å². The smallest absolute Gasteiger partial charge is 0.263 e. The van der Waals surface area contributed by atoms with Gasteiger partial charge in [0.15, 0.2) is 0 Å². The Morgan fingerprint density at radius 1 is 1.05 bits per heavy atom. The van der Waals surface area contributed by atoms with Gasteiger partial charge in [-0.3, -0.25) is 0 Å². The van der Waals surface area contributed by atoms with Gasteiger partial charge < -0.3 is 10.1 Å². The molecule has 0 aliphatic heterocycles. The first kappa shape index (κ1) is 15.4. The molecule has 1 atom stereocenters. The molecule has 0 saturated carbocycles. The third-order valence-electron chi connectivity index (χ3n) is 3.41. The van der Waals surface area contributed by atoms with Gasteiger partial charge in [-0.05, 0) is 36.2 Å². The number of benzene rings is 2. The molecule has 2 rings (SSSR count). The molecular weight excluding hydrogens is 272 g/mol. The molecule has 0 fully saturated rings. The lowest BCUT2D eigenvalue weighted by Gasteiger charge is -2.15. The Bertz CT molecular complexity index is 587. The van der Waals surface area contributed by atoms with E-state index in [1.54, 1.807) is 13.2 Å². The molecule has 0 aromatic heterocycles. The topological polar surface area (TPSA) is 21.3 Å². The van der Waals surface area contributed by atoms with Crippen LogP contribution in [0.2, 0.25) is 0 Å². The molecule has 0 saturated heterocycles. The number of ether oxygens (including phenoxy) is 1. The van der Waals surface area contributed by atoms with Crippen molar-refractivity contribution in [2.75, 3.05) is 7.11 Å². The molecular formula is C17H19F2NO. The molecule has 1 unspecified atom stereocenters. The van der Waals surface area contributed by atoms with Crippen molar-refractivity contribution in [3.05, 3.63) is 65.2 Å². The zero-order chi connectivity index (χ0) is 15.2. The van der Waals surface area contributed by atoms with E-state index in [-0.39, 0.29) is 11.6 Å². The standard InChI is InChI=1S/C17H19F2NO/c1-12(14-6-4-8-16(10-14)21-2)20-11-13-5-3-7-15(9-13)17(18)19/h3-10,12,17,20H,11H2,1-2H3. The summed E-state index contributed by atoms with van der Waals surface area (Å²) in [6, 6.07) is 14.4. The van der Waals surface area contributed by atoms with Gasteiger partial charge in [-0.2, -0.15) is 0 Å². The number of methoxy groups -OCH3 is 1. The molecule has 0 aliphatic carbocycles. The van der Waals surface area contributed by atoms with E-state index in [0.717, 1.165) is 16.9 Å². The maximum atomic E-state index is 12.7. The summed E-state index contributed by atoms with van der Waals surface area (Å²) in [5.41, 5.74) is 2.00. The third-order valence-corrected chi connectivity index (χ3v) is 3.41. The van der Waals surface area contributed by atoms with Crippen LogP contribution in [-0.4, -0.2) is 7.11 Å². The Balaban J connectivity index is 2.00. The molecule has 1 N–H and O–H groups in total. The van der Waals surface area contributed by atoms with Crippen LogP contribution in [-0.2, 0) is 6.54 Å². The summed E-state index contributed by atoms with van der Waals surface area (Å²) in [7, 11) is 1.63. The quantitative estimate of drug-likeness (QED) is 0.847. The van der Waals surface area contributed by atoms with Crippen molar-refractivity contribution in [2.24, 2.45) is 0 Å². The van der Waals surface area contributed by atoms with Crippen LogP contribution < -0.4 is 10.1 Å². The van der Waals surface area contributed by atoms with Crippen LogP contribution in [0.5, 0.6) is 5.75 Å². The summed E-state index contributed by atoms with van der Waals surface area (Å²) in [6.45, 7) is 2.57. The van der Waals surface area contributed by atoms with Crippen molar-refractivity contribution < 1.29 is 13.5 Å². The molecule has 0 aliphatic rings. The zero-order valence-electron chi connectivity index (χ0n) is 12.1. The Kier molecular flexibility index (Phi) is 5.28. The molecule has 112 valence electrons. The van der Waals surface area contributed by atoms with Gasteiger partial charge in [-0.1, -0.05) is 30.3 Å². The van der Waals surface area contributed by atoms with Crippen molar-refractivity contribution in [1.29, 1.82) is 0 Å². The summed E-state index contributed by atoms with van der Waals surface area (Å²) in [4.78, 5) is 0. The minimum atomic E-state index is -2.43. The van der Waals surface area contributed by atoms with Crippen molar-refractivity contribution in [1.82, 2.24) is 5.32 Å². The number of halogens is 2. The predicted octanol–water partition coefficient (Wildman–Crippen LogP) is 4.48. The maximum Gasteiger partial charge on any atom is 0.263 e. The largest absolute Gasteiger partial charge is 0.497 e. The fourth-order valence-electron chi connectivity index (χ4n) is 2.14. The minimum absolute atomic E-state index is 0.0586. The molecule has 0 heterocycles. The molecule has 2 aromatic carbocycles. The molecule has 0 radical (unpaired) electrons. The number of hydrogen-bond acceptors (Lipinski definition) is 2.